The van der Waals surface area contributed by atoms with Gasteiger partial charge in [-0.15, -0.1) is 0 Å². The molecule has 0 radical (unpaired) electrons. The molecule has 2 N–H and O–H groups in total. The monoisotopic (exact) mass is 420 g/mol. The van der Waals surface area contributed by atoms with Crippen LogP contribution >= 0.6 is 11.6 Å². The number of ether oxygens (including phenoxy) is 1. The summed E-state index contributed by atoms with van der Waals surface area (Å²) in [5.74, 6) is -1.33. The van der Waals surface area contributed by atoms with Crippen molar-refractivity contribution >= 4 is 33.4 Å². The van der Waals surface area contributed by atoms with E-state index in [0.29, 0.717) is 5.56 Å². The fourth-order valence-corrected chi connectivity index (χ4v) is 4.53. The Morgan fingerprint density at radius 3 is 2.50 bits per heavy atom. The minimum Gasteiger partial charge on any atom is -0.466 e. The fourth-order valence-electron chi connectivity index (χ4n) is 2.91. The van der Waals surface area contributed by atoms with Gasteiger partial charge in [0.2, 0.25) is 0 Å². The zero-order valence-corrected chi connectivity index (χ0v) is 16.4. The molecule has 0 aliphatic carbocycles. The molecular formula is C19H17ClN2O5S. The predicted molar refractivity (Wildman–Crippen MR) is 103 cm³/mol. The van der Waals surface area contributed by atoms with E-state index in [9.17, 15) is 18.0 Å². The molecule has 0 spiro atoms. The number of benzene rings is 2. The second-order valence-corrected chi connectivity index (χ2v) is 8.47. The zero-order valence-electron chi connectivity index (χ0n) is 14.8. The van der Waals surface area contributed by atoms with Crippen LogP contribution in [0.3, 0.4) is 0 Å². The third-order valence-electron chi connectivity index (χ3n) is 4.18. The minimum atomic E-state index is -3.88. The Balaban J connectivity index is 2.09. The van der Waals surface area contributed by atoms with Gasteiger partial charge in [0.05, 0.1) is 29.4 Å². The molecule has 0 saturated carbocycles. The van der Waals surface area contributed by atoms with E-state index in [1.54, 1.807) is 36.4 Å². The summed E-state index contributed by atoms with van der Waals surface area (Å²) in [6.07, 6.45) is 0. The van der Waals surface area contributed by atoms with E-state index >= 15 is 0 Å². The van der Waals surface area contributed by atoms with Crippen molar-refractivity contribution in [1.82, 2.24) is 10.6 Å². The van der Waals surface area contributed by atoms with Gasteiger partial charge in [-0.25, -0.2) is 18.0 Å². The molecule has 1 atom stereocenters. The standard InChI is InChI=1S/C19H17ClN2O5S/c1-27-18(23)16-15(11-28(25,26)14-9-5-8-13(20)10-14)21-19(24)22-17(16)12-6-3-2-4-7-12/h2-10,17H,11H2,1H3,(H2,21,22,24)/t17-/m1/s1. The number of carbonyl (C=O) groups excluding carboxylic acids is 2. The second-order valence-electron chi connectivity index (χ2n) is 6.04. The van der Waals surface area contributed by atoms with Crippen molar-refractivity contribution in [1.29, 1.82) is 0 Å². The van der Waals surface area contributed by atoms with Gasteiger partial charge in [0, 0.05) is 10.7 Å². The van der Waals surface area contributed by atoms with Crippen molar-refractivity contribution < 1.29 is 22.7 Å². The first kappa shape index (κ1) is 19.9. The smallest absolute Gasteiger partial charge is 0.338 e. The molecule has 0 saturated heterocycles. The van der Waals surface area contributed by atoms with Gasteiger partial charge in [-0.05, 0) is 23.8 Å². The maximum atomic E-state index is 12.8. The van der Waals surface area contributed by atoms with Crippen LogP contribution in [-0.4, -0.2) is 33.3 Å². The number of esters is 1. The summed E-state index contributed by atoms with van der Waals surface area (Å²) >= 11 is 5.89. The summed E-state index contributed by atoms with van der Waals surface area (Å²) < 4.78 is 30.5. The predicted octanol–water partition coefficient (Wildman–Crippen LogP) is 2.59. The number of halogens is 1. The van der Waals surface area contributed by atoms with Crippen LogP contribution in [0.4, 0.5) is 4.79 Å². The molecule has 1 heterocycles. The van der Waals surface area contributed by atoms with Gasteiger partial charge in [0.25, 0.3) is 0 Å². The molecule has 9 heteroatoms. The Kier molecular flexibility index (Phi) is 5.71. The van der Waals surface area contributed by atoms with Crippen LogP contribution in [0.25, 0.3) is 0 Å². The Morgan fingerprint density at radius 2 is 1.86 bits per heavy atom. The van der Waals surface area contributed by atoms with Crippen molar-refractivity contribution in [3.8, 4) is 0 Å². The normalized spacial score (nSPS) is 16.9. The highest BCUT2D eigenvalue weighted by Crippen LogP contribution is 2.29. The summed E-state index contributed by atoms with van der Waals surface area (Å²) in [5, 5.41) is 5.34. The molecule has 0 bridgehead atoms. The fraction of sp³-hybridized carbons (Fsp3) is 0.158. The number of carbonyl (C=O) groups is 2. The third-order valence-corrected chi connectivity index (χ3v) is 6.06. The Hall–Kier alpha value is -2.84. The van der Waals surface area contributed by atoms with Gasteiger partial charge in [0.15, 0.2) is 9.84 Å². The SMILES string of the molecule is COC(=O)C1=C(CS(=O)(=O)c2cccc(Cl)c2)NC(=O)N[C@@H]1c1ccccc1. The number of nitrogens with one attached hydrogen (secondary N) is 2. The van der Waals surface area contributed by atoms with Crippen LogP contribution in [0.2, 0.25) is 5.02 Å². The highest BCUT2D eigenvalue weighted by Gasteiger charge is 2.35. The largest absolute Gasteiger partial charge is 0.466 e. The average molecular weight is 421 g/mol. The Morgan fingerprint density at radius 1 is 1.14 bits per heavy atom. The first-order chi connectivity index (χ1) is 13.3. The van der Waals surface area contributed by atoms with Crippen molar-refractivity contribution in [2.45, 2.75) is 10.9 Å². The number of urea groups is 1. The molecule has 0 fully saturated rings. The van der Waals surface area contributed by atoms with Gasteiger partial charge in [-0.2, -0.15) is 0 Å². The lowest BCUT2D eigenvalue weighted by Crippen LogP contribution is -2.47. The summed E-state index contributed by atoms with van der Waals surface area (Å²) in [5.41, 5.74) is 0.610. The third kappa shape index (κ3) is 4.18. The van der Waals surface area contributed by atoms with Crippen LogP contribution in [0, 0.1) is 0 Å². The number of methoxy groups -OCH3 is 1. The summed E-state index contributed by atoms with van der Waals surface area (Å²) in [6.45, 7) is 0. The molecule has 7 nitrogen and oxygen atoms in total. The van der Waals surface area contributed by atoms with E-state index in [2.05, 4.69) is 10.6 Å². The van der Waals surface area contributed by atoms with E-state index in [1.807, 2.05) is 0 Å². The summed E-state index contributed by atoms with van der Waals surface area (Å²) in [6, 6.07) is 13.1. The molecule has 1 aliphatic heterocycles. The van der Waals surface area contributed by atoms with E-state index < -0.39 is 33.6 Å². The Labute approximate surface area is 167 Å². The molecule has 0 unspecified atom stereocenters. The van der Waals surface area contributed by atoms with Crippen LogP contribution in [0.1, 0.15) is 11.6 Å². The molecule has 3 rings (SSSR count). The van der Waals surface area contributed by atoms with Crippen molar-refractivity contribution in [3.05, 3.63) is 76.5 Å². The number of hydrogen-bond donors (Lipinski definition) is 2. The molecule has 2 aromatic carbocycles. The van der Waals surface area contributed by atoms with Gasteiger partial charge < -0.3 is 15.4 Å². The molecular weight excluding hydrogens is 404 g/mol. The van der Waals surface area contributed by atoms with Crippen LogP contribution in [0.5, 0.6) is 0 Å². The van der Waals surface area contributed by atoms with E-state index in [-0.39, 0.29) is 21.2 Å². The van der Waals surface area contributed by atoms with Gasteiger partial charge >= 0.3 is 12.0 Å². The van der Waals surface area contributed by atoms with Crippen LogP contribution < -0.4 is 10.6 Å². The lowest BCUT2D eigenvalue weighted by atomic mass is 9.96. The molecule has 2 amide bonds. The maximum Gasteiger partial charge on any atom is 0.338 e. The second kappa shape index (κ2) is 8.04. The lowest BCUT2D eigenvalue weighted by Gasteiger charge is -2.29. The number of rotatable bonds is 5. The lowest BCUT2D eigenvalue weighted by molar-refractivity contribution is -0.136. The van der Waals surface area contributed by atoms with Crippen molar-refractivity contribution in [3.63, 3.8) is 0 Å². The van der Waals surface area contributed by atoms with Crippen molar-refractivity contribution in [2.75, 3.05) is 12.9 Å². The van der Waals surface area contributed by atoms with E-state index in [1.165, 1.54) is 25.3 Å². The first-order valence-electron chi connectivity index (χ1n) is 8.24. The average Bonchev–Trinajstić information content (AvgIpc) is 2.67. The number of hydrogen-bond acceptors (Lipinski definition) is 5. The van der Waals surface area contributed by atoms with Crippen LogP contribution in [-0.2, 0) is 19.4 Å². The zero-order chi connectivity index (χ0) is 20.3. The van der Waals surface area contributed by atoms with E-state index in [0.717, 1.165) is 0 Å². The quantitative estimate of drug-likeness (QED) is 0.724. The minimum absolute atomic E-state index is 0.0132. The Bertz CT molecular complexity index is 1050. The molecule has 2 aromatic rings. The van der Waals surface area contributed by atoms with Gasteiger partial charge in [-0.1, -0.05) is 48.0 Å². The number of sulfone groups is 1. The van der Waals surface area contributed by atoms with Gasteiger partial charge in [-0.3, -0.25) is 0 Å². The molecule has 28 heavy (non-hydrogen) atoms. The number of amides is 2. The van der Waals surface area contributed by atoms with Gasteiger partial charge in [0.1, 0.15) is 0 Å². The molecule has 1 aliphatic rings. The van der Waals surface area contributed by atoms with Crippen molar-refractivity contribution in [2.24, 2.45) is 0 Å². The highest BCUT2D eigenvalue weighted by molar-refractivity contribution is 7.91. The summed E-state index contributed by atoms with van der Waals surface area (Å²) in [7, 11) is -2.69. The van der Waals surface area contributed by atoms with Crippen LogP contribution in [0.15, 0.2) is 70.8 Å². The molecule has 146 valence electrons. The molecule has 0 aromatic heterocycles. The van der Waals surface area contributed by atoms with E-state index in [4.69, 9.17) is 16.3 Å². The topological polar surface area (TPSA) is 102 Å². The highest BCUT2D eigenvalue weighted by atomic mass is 35.5. The summed E-state index contributed by atoms with van der Waals surface area (Å²) in [4.78, 5) is 24.6. The first-order valence-corrected chi connectivity index (χ1v) is 10.3. The maximum absolute atomic E-state index is 12.8.